The van der Waals surface area contributed by atoms with Gasteiger partial charge >= 0.3 is 6.09 Å². The molecule has 94 valence electrons. The lowest BCUT2D eigenvalue weighted by molar-refractivity contribution is 0.156. The first-order valence-corrected chi connectivity index (χ1v) is 5.49. The van der Waals surface area contributed by atoms with E-state index in [0.29, 0.717) is 6.54 Å². The molecule has 1 atom stereocenters. The summed E-state index contributed by atoms with van der Waals surface area (Å²) in [5.41, 5.74) is 5.67. The van der Waals surface area contributed by atoms with Gasteiger partial charge in [-0.25, -0.2) is 9.18 Å². The van der Waals surface area contributed by atoms with E-state index < -0.39 is 11.9 Å². The van der Waals surface area contributed by atoms with Crippen LogP contribution in [0.3, 0.4) is 0 Å². The van der Waals surface area contributed by atoms with Crippen LogP contribution in [0.15, 0.2) is 18.2 Å². The lowest BCUT2D eigenvalue weighted by atomic mass is 10.1. The van der Waals surface area contributed by atoms with Gasteiger partial charge in [-0.15, -0.1) is 0 Å². The second-order valence-electron chi connectivity index (χ2n) is 3.52. The number of carbonyl (C=O) groups excluding carboxylic acids is 1. The van der Waals surface area contributed by atoms with Crippen LogP contribution in [0.25, 0.3) is 0 Å². The van der Waals surface area contributed by atoms with E-state index in [1.54, 1.807) is 12.1 Å². The molecule has 0 fully saturated rings. The van der Waals surface area contributed by atoms with Crippen molar-refractivity contribution in [2.24, 2.45) is 5.73 Å². The van der Waals surface area contributed by atoms with Crippen LogP contribution in [0.5, 0.6) is 0 Å². The third-order valence-electron chi connectivity index (χ3n) is 2.24. The van der Waals surface area contributed by atoms with E-state index in [4.69, 9.17) is 17.3 Å². The Kier molecular flexibility index (Phi) is 5.18. The first-order valence-electron chi connectivity index (χ1n) is 5.11. The van der Waals surface area contributed by atoms with Crippen LogP contribution in [-0.4, -0.2) is 19.2 Å². The van der Waals surface area contributed by atoms with Crippen molar-refractivity contribution in [3.8, 4) is 0 Å². The smallest absolute Gasteiger partial charge is 0.404 e. The quantitative estimate of drug-likeness (QED) is 0.798. The molecule has 0 heterocycles. The molecule has 3 N–H and O–H groups in total. The van der Waals surface area contributed by atoms with Crippen molar-refractivity contribution in [1.29, 1.82) is 0 Å². The zero-order chi connectivity index (χ0) is 12.8. The number of hydrogen-bond acceptors (Lipinski definition) is 3. The summed E-state index contributed by atoms with van der Waals surface area (Å²) in [5, 5.41) is 3.17. The summed E-state index contributed by atoms with van der Waals surface area (Å²) >= 11 is 5.67. The minimum Gasteiger partial charge on any atom is -0.448 e. The second-order valence-corrected chi connectivity index (χ2v) is 3.92. The Morgan fingerprint density at radius 3 is 2.94 bits per heavy atom. The molecule has 0 aromatic heterocycles. The molecule has 6 heteroatoms. The highest BCUT2D eigenvalue weighted by atomic mass is 35.5. The van der Waals surface area contributed by atoms with Crippen LogP contribution >= 0.6 is 11.6 Å². The number of nitrogens with two attached hydrogens (primary N) is 1. The maximum atomic E-state index is 12.9. The monoisotopic (exact) mass is 260 g/mol. The van der Waals surface area contributed by atoms with Gasteiger partial charge in [0.15, 0.2) is 0 Å². The average molecular weight is 261 g/mol. The lowest BCUT2D eigenvalue weighted by Crippen LogP contribution is -2.25. The number of amides is 1. The van der Waals surface area contributed by atoms with E-state index in [2.05, 4.69) is 10.1 Å². The van der Waals surface area contributed by atoms with Crippen LogP contribution in [0, 0.1) is 5.82 Å². The molecule has 1 aromatic carbocycles. The zero-order valence-electron chi connectivity index (χ0n) is 9.37. The number of primary amides is 1. The van der Waals surface area contributed by atoms with Crippen molar-refractivity contribution in [3.05, 3.63) is 34.6 Å². The van der Waals surface area contributed by atoms with Crippen LogP contribution in [0.1, 0.15) is 18.5 Å². The van der Waals surface area contributed by atoms with Crippen LogP contribution in [0.2, 0.25) is 5.02 Å². The molecular weight excluding hydrogens is 247 g/mol. The molecule has 17 heavy (non-hydrogen) atoms. The predicted molar refractivity (Wildman–Crippen MR) is 63.4 cm³/mol. The van der Waals surface area contributed by atoms with Crippen LogP contribution in [-0.2, 0) is 4.74 Å². The number of nitrogens with one attached hydrogen (secondary N) is 1. The summed E-state index contributed by atoms with van der Waals surface area (Å²) in [5.74, 6) is -0.445. The molecule has 0 bridgehead atoms. The SMILES string of the molecule is CC(NCCOC(N)=O)c1ccc(F)c(Cl)c1. The highest BCUT2D eigenvalue weighted by Crippen LogP contribution is 2.20. The van der Waals surface area contributed by atoms with Gasteiger partial charge in [0.05, 0.1) is 5.02 Å². The molecule has 0 spiro atoms. The molecule has 0 aliphatic rings. The largest absolute Gasteiger partial charge is 0.448 e. The molecule has 0 radical (unpaired) electrons. The molecule has 1 rings (SSSR count). The molecule has 4 nitrogen and oxygen atoms in total. The Balaban J connectivity index is 2.44. The number of ether oxygens (including phenoxy) is 1. The van der Waals surface area contributed by atoms with E-state index in [1.807, 2.05) is 6.92 Å². The summed E-state index contributed by atoms with van der Waals surface area (Å²) in [4.78, 5) is 10.3. The van der Waals surface area contributed by atoms with Gasteiger partial charge in [-0.3, -0.25) is 0 Å². The summed E-state index contributed by atoms with van der Waals surface area (Å²) < 4.78 is 17.5. The number of hydrogen-bond donors (Lipinski definition) is 2. The van der Waals surface area contributed by atoms with Crippen LogP contribution < -0.4 is 11.1 Å². The van der Waals surface area contributed by atoms with Gasteiger partial charge in [-0.05, 0) is 24.6 Å². The van der Waals surface area contributed by atoms with E-state index in [9.17, 15) is 9.18 Å². The van der Waals surface area contributed by atoms with Crippen molar-refractivity contribution >= 4 is 17.7 Å². The number of rotatable bonds is 5. The third-order valence-corrected chi connectivity index (χ3v) is 2.53. The Bertz CT molecular complexity index is 401. The summed E-state index contributed by atoms with van der Waals surface area (Å²) in [7, 11) is 0. The van der Waals surface area contributed by atoms with Gasteiger partial charge in [0.25, 0.3) is 0 Å². The Morgan fingerprint density at radius 1 is 1.65 bits per heavy atom. The normalized spacial score (nSPS) is 12.2. The van der Waals surface area contributed by atoms with Gasteiger partial charge in [0.1, 0.15) is 12.4 Å². The number of carbonyl (C=O) groups is 1. The standard InChI is InChI=1S/C11H14ClFN2O2/c1-7(15-4-5-17-11(14)16)8-2-3-10(13)9(12)6-8/h2-3,6-7,15H,4-5H2,1H3,(H2,14,16). The summed E-state index contributed by atoms with van der Waals surface area (Å²) in [6.45, 7) is 2.54. The highest BCUT2D eigenvalue weighted by Gasteiger charge is 2.07. The van der Waals surface area contributed by atoms with E-state index in [-0.39, 0.29) is 17.7 Å². The van der Waals surface area contributed by atoms with E-state index in [0.717, 1.165) is 5.56 Å². The molecule has 0 aliphatic carbocycles. The molecule has 1 unspecified atom stereocenters. The number of halogens is 2. The van der Waals surface area contributed by atoms with Gasteiger partial charge in [-0.2, -0.15) is 0 Å². The maximum absolute atomic E-state index is 12.9. The molecule has 0 saturated carbocycles. The summed E-state index contributed by atoms with van der Waals surface area (Å²) in [6.07, 6.45) is -0.802. The van der Waals surface area contributed by atoms with Crippen molar-refractivity contribution in [2.75, 3.05) is 13.2 Å². The van der Waals surface area contributed by atoms with Gasteiger partial charge in [0.2, 0.25) is 0 Å². The fourth-order valence-corrected chi connectivity index (χ4v) is 1.52. The van der Waals surface area contributed by atoms with Gasteiger partial charge < -0.3 is 15.8 Å². The molecule has 0 saturated heterocycles. The minimum absolute atomic E-state index is 0.0235. The van der Waals surface area contributed by atoms with Crippen molar-refractivity contribution in [1.82, 2.24) is 5.32 Å². The van der Waals surface area contributed by atoms with E-state index in [1.165, 1.54) is 6.07 Å². The van der Waals surface area contributed by atoms with Crippen molar-refractivity contribution in [2.45, 2.75) is 13.0 Å². The first-order chi connectivity index (χ1) is 8.00. The molecule has 0 aliphatic heterocycles. The van der Waals surface area contributed by atoms with E-state index >= 15 is 0 Å². The molecular formula is C11H14ClFN2O2. The van der Waals surface area contributed by atoms with Crippen LogP contribution in [0.4, 0.5) is 9.18 Å². The minimum atomic E-state index is -0.802. The topological polar surface area (TPSA) is 64.3 Å². The maximum Gasteiger partial charge on any atom is 0.404 e. The second kappa shape index (κ2) is 6.42. The lowest BCUT2D eigenvalue weighted by Gasteiger charge is -2.14. The Labute approximate surface area is 104 Å². The first kappa shape index (κ1) is 13.7. The van der Waals surface area contributed by atoms with Crippen molar-refractivity contribution in [3.63, 3.8) is 0 Å². The Morgan fingerprint density at radius 2 is 2.35 bits per heavy atom. The zero-order valence-corrected chi connectivity index (χ0v) is 10.1. The third kappa shape index (κ3) is 4.58. The van der Waals surface area contributed by atoms with Gasteiger partial charge in [-0.1, -0.05) is 17.7 Å². The van der Waals surface area contributed by atoms with Crippen molar-refractivity contribution < 1.29 is 13.9 Å². The Hall–Kier alpha value is -1.33. The fourth-order valence-electron chi connectivity index (χ4n) is 1.33. The average Bonchev–Trinajstić information content (AvgIpc) is 2.27. The summed E-state index contributed by atoms with van der Waals surface area (Å²) in [6, 6.07) is 4.50. The highest BCUT2D eigenvalue weighted by molar-refractivity contribution is 6.30. The predicted octanol–water partition coefficient (Wildman–Crippen LogP) is 2.23. The number of benzene rings is 1. The van der Waals surface area contributed by atoms with Gasteiger partial charge in [0, 0.05) is 12.6 Å². The molecule has 1 amide bonds. The molecule has 1 aromatic rings. The fraction of sp³-hybridized carbons (Fsp3) is 0.364.